The van der Waals surface area contributed by atoms with Crippen LogP contribution in [0.1, 0.15) is 38.4 Å². The summed E-state index contributed by atoms with van der Waals surface area (Å²) >= 11 is 0. The van der Waals surface area contributed by atoms with E-state index >= 15 is 0 Å². The smallest absolute Gasteiger partial charge is 0.224 e. The van der Waals surface area contributed by atoms with E-state index in [1.807, 2.05) is 31.2 Å². The van der Waals surface area contributed by atoms with Gasteiger partial charge in [0.2, 0.25) is 5.91 Å². The molecule has 1 aromatic carbocycles. The van der Waals surface area contributed by atoms with Gasteiger partial charge in [0.05, 0.1) is 6.10 Å². The highest BCUT2D eigenvalue weighted by atomic mass is 16.3. The van der Waals surface area contributed by atoms with Gasteiger partial charge < -0.3 is 15.7 Å². The second-order valence-corrected chi connectivity index (χ2v) is 4.24. The van der Waals surface area contributed by atoms with Gasteiger partial charge in [-0.25, -0.2) is 0 Å². The third-order valence-electron chi connectivity index (χ3n) is 2.66. The molecule has 100 valence electrons. The van der Waals surface area contributed by atoms with Crippen molar-refractivity contribution in [3.05, 3.63) is 29.8 Å². The van der Waals surface area contributed by atoms with E-state index in [0.717, 1.165) is 24.2 Å². The first-order chi connectivity index (χ1) is 8.67. The molecule has 3 N–H and O–H groups in total. The normalized spacial score (nSPS) is 12.2. The summed E-state index contributed by atoms with van der Waals surface area (Å²) in [4.78, 5) is 11.2. The molecule has 0 radical (unpaired) electrons. The van der Waals surface area contributed by atoms with Crippen molar-refractivity contribution < 1.29 is 9.90 Å². The minimum atomic E-state index is -0.507. The maximum Gasteiger partial charge on any atom is 0.224 e. The zero-order valence-corrected chi connectivity index (χ0v) is 11.1. The number of aliphatic hydroxyl groups excluding tert-OH is 1. The Labute approximate surface area is 108 Å². The molecule has 4 heteroatoms. The molecule has 0 fully saturated rings. The Bertz CT molecular complexity index is 363. The lowest BCUT2D eigenvalue weighted by molar-refractivity contribution is -0.115. The van der Waals surface area contributed by atoms with Gasteiger partial charge in [0.25, 0.3) is 0 Å². The second kappa shape index (κ2) is 7.84. The molecule has 0 heterocycles. The van der Waals surface area contributed by atoms with Crippen molar-refractivity contribution in [2.45, 2.75) is 32.8 Å². The lowest BCUT2D eigenvalue weighted by Gasteiger charge is -2.12. The Morgan fingerprint density at radius 3 is 2.50 bits per heavy atom. The summed E-state index contributed by atoms with van der Waals surface area (Å²) in [5, 5.41) is 15.9. The van der Waals surface area contributed by atoms with E-state index in [4.69, 9.17) is 0 Å². The number of hydrogen-bond acceptors (Lipinski definition) is 3. The molecule has 4 nitrogen and oxygen atoms in total. The molecule has 0 bridgehead atoms. The van der Waals surface area contributed by atoms with Crippen LogP contribution in [0.25, 0.3) is 0 Å². The number of amides is 1. The van der Waals surface area contributed by atoms with Crippen LogP contribution in [0.3, 0.4) is 0 Å². The fourth-order valence-corrected chi connectivity index (χ4v) is 1.57. The summed E-state index contributed by atoms with van der Waals surface area (Å²) in [7, 11) is 0. The van der Waals surface area contributed by atoms with Crippen LogP contribution in [0, 0.1) is 0 Å². The molecule has 1 aromatic rings. The predicted molar refractivity (Wildman–Crippen MR) is 73.5 cm³/mol. The maximum absolute atomic E-state index is 11.2. The van der Waals surface area contributed by atoms with Crippen LogP contribution in [0.15, 0.2) is 24.3 Å². The minimum Gasteiger partial charge on any atom is -0.387 e. The lowest BCUT2D eigenvalue weighted by Crippen LogP contribution is -2.22. The molecular weight excluding hydrogens is 228 g/mol. The van der Waals surface area contributed by atoms with Gasteiger partial charge in [0.15, 0.2) is 0 Å². The van der Waals surface area contributed by atoms with Crippen molar-refractivity contribution in [2.75, 3.05) is 18.4 Å². The highest BCUT2D eigenvalue weighted by Crippen LogP contribution is 2.16. The quantitative estimate of drug-likeness (QED) is 0.649. The van der Waals surface area contributed by atoms with Gasteiger partial charge >= 0.3 is 0 Å². The third-order valence-corrected chi connectivity index (χ3v) is 2.66. The average Bonchev–Trinajstić information content (AvgIpc) is 2.39. The molecule has 1 unspecified atom stereocenters. The molecule has 0 aliphatic heterocycles. The third kappa shape index (κ3) is 4.85. The van der Waals surface area contributed by atoms with Gasteiger partial charge in [-0.05, 0) is 30.7 Å². The number of benzene rings is 1. The molecule has 1 rings (SSSR count). The van der Waals surface area contributed by atoms with E-state index in [1.165, 1.54) is 0 Å². The lowest BCUT2D eigenvalue weighted by atomic mass is 10.1. The fourth-order valence-electron chi connectivity index (χ4n) is 1.57. The monoisotopic (exact) mass is 250 g/mol. The number of hydrogen-bond donors (Lipinski definition) is 3. The standard InChI is InChI=1S/C14H22N2O2/c1-3-9-15-10-13(17)11-5-7-12(8-6-11)16-14(18)4-2/h5-8,13,15,17H,3-4,9-10H2,1-2H3,(H,16,18). The van der Waals surface area contributed by atoms with E-state index in [-0.39, 0.29) is 5.91 Å². The van der Waals surface area contributed by atoms with E-state index in [2.05, 4.69) is 17.6 Å². The highest BCUT2D eigenvalue weighted by molar-refractivity contribution is 5.90. The van der Waals surface area contributed by atoms with Crippen LogP contribution >= 0.6 is 0 Å². The van der Waals surface area contributed by atoms with Crippen LogP contribution < -0.4 is 10.6 Å². The molecular formula is C14H22N2O2. The Balaban J connectivity index is 2.51. The molecule has 0 saturated carbocycles. The molecule has 0 saturated heterocycles. The van der Waals surface area contributed by atoms with Crippen LogP contribution in [0.4, 0.5) is 5.69 Å². The van der Waals surface area contributed by atoms with E-state index in [0.29, 0.717) is 13.0 Å². The zero-order chi connectivity index (χ0) is 13.4. The predicted octanol–water partition coefficient (Wildman–Crippen LogP) is 2.07. The summed E-state index contributed by atoms with van der Waals surface area (Å²) in [6, 6.07) is 7.30. The topological polar surface area (TPSA) is 61.4 Å². The average molecular weight is 250 g/mol. The SMILES string of the molecule is CCCNCC(O)c1ccc(NC(=O)CC)cc1. The first-order valence-electron chi connectivity index (χ1n) is 6.46. The van der Waals surface area contributed by atoms with Gasteiger partial charge in [-0.1, -0.05) is 26.0 Å². The number of anilines is 1. The van der Waals surface area contributed by atoms with Gasteiger partial charge in [-0.3, -0.25) is 4.79 Å². The Morgan fingerprint density at radius 1 is 1.28 bits per heavy atom. The van der Waals surface area contributed by atoms with Crippen molar-refractivity contribution >= 4 is 11.6 Å². The van der Waals surface area contributed by atoms with Crippen LogP contribution in [0.2, 0.25) is 0 Å². The number of carbonyl (C=O) groups is 1. The minimum absolute atomic E-state index is 0.00656. The van der Waals surface area contributed by atoms with Gasteiger partial charge in [0, 0.05) is 18.7 Å². The molecule has 1 atom stereocenters. The van der Waals surface area contributed by atoms with Crippen molar-refractivity contribution in [1.82, 2.24) is 5.32 Å². The first kappa shape index (κ1) is 14.7. The summed E-state index contributed by atoms with van der Waals surface area (Å²) in [5.41, 5.74) is 1.62. The fraction of sp³-hybridized carbons (Fsp3) is 0.500. The van der Waals surface area contributed by atoms with Gasteiger partial charge in [-0.2, -0.15) is 0 Å². The van der Waals surface area contributed by atoms with Crippen molar-refractivity contribution in [3.63, 3.8) is 0 Å². The second-order valence-electron chi connectivity index (χ2n) is 4.24. The van der Waals surface area contributed by atoms with Crippen molar-refractivity contribution in [3.8, 4) is 0 Å². The Kier molecular flexibility index (Phi) is 6.39. The van der Waals surface area contributed by atoms with Crippen LogP contribution in [-0.2, 0) is 4.79 Å². The molecule has 0 aliphatic rings. The summed E-state index contributed by atoms with van der Waals surface area (Å²) in [6.45, 7) is 5.35. The number of rotatable bonds is 7. The number of nitrogens with one attached hydrogen (secondary N) is 2. The van der Waals surface area contributed by atoms with Crippen LogP contribution in [0.5, 0.6) is 0 Å². The summed E-state index contributed by atoms with van der Waals surface area (Å²) in [5.74, 6) is -0.00656. The van der Waals surface area contributed by atoms with E-state index in [9.17, 15) is 9.90 Å². The Morgan fingerprint density at radius 2 is 1.94 bits per heavy atom. The van der Waals surface area contributed by atoms with Crippen LogP contribution in [-0.4, -0.2) is 24.1 Å². The molecule has 18 heavy (non-hydrogen) atoms. The molecule has 0 spiro atoms. The van der Waals surface area contributed by atoms with Gasteiger partial charge in [-0.15, -0.1) is 0 Å². The highest BCUT2D eigenvalue weighted by Gasteiger charge is 2.07. The molecule has 1 amide bonds. The first-order valence-corrected chi connectivity index (χ1v) is 6.46. The summed E-state index contributed by atoms with van der Waals surface area (Å²) in [6.07, 6.45) is 1.01. The maximum atomic E-state index is 11.2. The van der Waals surface area contributed by atoms with Crippen molar-refractivity contribution in [2.24, 2.45) is 0 Å². The van der Waals surface area contributed by atoms with Crippen molar-refractivity contribution in [1.29, 1.82) is 0 Å². The summed E-state index contributed by atoms with van der Waals surface area (Å²) < 4.78 is 0. The number of carbonyl (C=O) groups excluding carboxylic acids is 1. The Hall–Kier alpha value is -1.39. The number of aliphatic hydroxyl groups is 1. The van der Waals surface area contributed by atoms with E-state index in [1.54, 1.807) is 0 Å². The van der Waals surface area contributed by atoms with E-state index < -0.39 is 6.10 Å². The zero-order valence-electron chi connectivity index (χ0n) is 11.1. The largest absolute Gasteiger partial charge is 0.387 e. The van der Waals surface area contributed by atoms with Gasteiger partial charge in [0.1, 0.15) is 0 Å². The molecule has 0 aromatic heterocycles. The molecule has 0 aliphatic carbocycles.